The lowest BCUT2D eigenvalue weighted by molar-refractivity contribution is 0.521. The van der Waals surface area contributed by atoms with Gasteiger partial charge in [-0.2, -0.15) is 5.10 Å². The zero-order valence-corrected chi connectivity index (χ0v) is 16.0. The molecule has 0 aliphatic carbocycles. The maximum atomic E-state index is 12.3. The lowest BCUT2D eigenvalue weighted by Gasteiger charge is -2.11. The van der Waals surface area contributed by atoms with E-state index in [4.69, 9.17) is 0 Å². The van der Waals surface area contributed by atoms with Crippen LogP contribution in [0.4, 0.5) is 5.13 Å². The van der Waals surface area contributed by atoms with E-state index in [1.165, 1.54) is 29.7 Å². The van der Waals surface area contributed by atoms with Gasteiger partial charge in [0.2, 0.25) is 15.2 Å². The third-order valence-corrected chi connectivity index (χ3v) is 6.67. The average Bonchev–Trinajstić information content (AvgIpc) is 3.27. The number of nitrogens with zero attached hydrogens (tertiary/aromatic N) is 3. The Bertz CT molecular complexity index is 976. The van der Waals surface area contributed by atoms with Crippen LogP contribution in [0.25, 0.3) is 11.3 Å². The van der Waals surface area contributed by atoms with E-state index in [-0.39, 0.29) is 4.90 Å². The molecule has 0 aliphatic heterocycles. The van der Waals surface area contributed by atoms with Crippen LogP contribution in [0.15, 0.2) is 57.2 Å². The average molecular weight is 393 g/mol. The van der Waals surface area contributed by atoms with Gasteiger partial charge in [0.25, 0.3) is 0 Å². The Kier molecular flexibility index (Phi) is 5.28. The minimum Gasteiger partial charge on any atom is -0.253 e. The largest absolute Gasteiger partial charge is 0.253 e. The second-order valence-electron chi connectivity index (χ2n) is 5.24. The van der Waals surface area contributed by atoms with Gasteiger partial charge in [-0.25, -0.2) is 17.7 Å². The van der Waals surface area contributed by atoms with Crippen molar-refractivity contribution in [3.63, 3.8) is 0 Å². The van der Waals surface area contributed by atoms with Gasteiger partial charge in [0, 0.05) is 29.9 Å². The highest BCUT2D eigenvalue weighted by atomic mass is 32.2. The number of aromatic nitrogens is 1. The highest BCUT2D eigenvalue weighted by molar-refractivity contribution is 7.89. The lowest BCUT2D eigenvalue weighted by Crippen LogP contribution is -2.22. The molecular formula is C16H16N4O2S3. The number of hydrogen-bond acceptors (Lipinski definition) is 7. The monoisotopic (exact) mass is 392 g/mol. The SMILES string of the molecule is CN(C)S(=O)(=O)c1cccc(-c2csc(N/N=C/c3cccs3)n2)c1. The first-order valence-corrected chi connectivity index (χ1v) is 10.5. The molecule has 9 heteroatoms. The molecule has 0 amide bonds. The molecule has 3 aromatic rings. The summed E-state index contributed by atoms with van der Waals surface area (Å²) in [6.07, 6.45) is 1.73. The number of hydrazone groups is 1. The molecule has 0 aliphatic rings. The van der Waals surface area contributed by atoms with Gasteiger partial charge in [-0.15, -0.1) is 22.7 Å². The standard InChI is InChI=1S/C16H16N4O2S3/c1-20(2)25(21,22)14-7-3-5-12(9-14)15-11-24-16(18-15)19-17-10-13-6-4-8-23-13/h3-11H,1-2H3,(H,18,19)/b17-10+. The maximum Gasteiger partial charge on any atom is 0.242 e. The van der Waals surface area contributed by atoms with E-state index < -0.39 is 10.0 Å². The highest BCUT2D eigenvalue weighted by Crippen LogP contribution is 2.27. The Morgan fingerprint density at radius 2 is 2.04 bits per heavy atom. The fourth-order valence-electron chi connectivity index (χ4n) is 2.00. The van der Waals surface area contributed by atoms with Gasteiger partial charge in [0.05, 0.1) is 16.8 Å². The molecule has 0 atom stereocenters. The number of thiophene rings is 1. The van der Waals surface area contributed by atoms with Crippen LogP contribution in [0, 0.1) is 0 Å². The Hall–Kier alpha value is -2.07. The van der Waals surface area contributed by atoms with Crippen LogP contribution in [-0.4, -0.2) is 38.0 Å². The maximum absolute atomic E-state index is 12.3. The molecule has 2 heterocycles. The molecule has 0 bridgehead atoms. The number of sulfonamides is 1. The predicted octanol–water partition coefficient (Wildman–Crippen LogP) is 3.57. The quantitative estimate of drug-likeness (QED) is 0.514. The minimum atomic E-state index is -3.47. The first kappa shape index (κ1) is 17.7. The number of thiazole rings is 1. The van der Waals surface area contributed by atoms with Crippen molar-refractivity contribution in [2.24, 2.45) is 5.10 Å². The van der Waals surface area contributed by atoms with E-state index in [1.54, 1.807) is 35.8 Å². The van der Waals surface area contributed by atoms with Crippen LogP contribution < -0.4 is 5.43 Å². The van der Waals surface area contributed by atoms with Crippen molar-refractivity contribution in [3.8, 4) is 11.3 Å². The van der Waals surface area contributed by atoms with Crippen molar-refractivity contribution in [3.05, 3.63) is 52.0 Å². The van der Waals surface area contributed by atoms with Gasteiger partial charge >= 0.3 is 0 Å². The Labute approximate surface area is 154 Å². The zero-order chi connectivity index (χ0) is 17.9. The van der Waals surface area contributed by atoms with Crippen molar-refractivity contribution >= 4 is 44.0 Å². The predicted molar refractivity (Wildman–Crippen MR) is 104 cm³/mol. The summed E-state index contributed by atoms with van der Waals surface area (Å²) in [6.45, 7) is 0. The molecule has 0 saturated heterocycles. The van der Waals surface area contributed by atoms with Crippen molar-refractivity contribution in [2.75, 3.05) is 19.5 Å². The number of nitrogens with one attached hydrogen (secondary N) is 1. The van der Waals surface area contributed by atoms with Crippen LogP contribution in [0.2, 0.25) is 0 Å². The fraction of sp³-hybridized carbons (Fsp3) is 0.125. The van der Waals surface area contributed by atoms with Crippen LogP contribution >= 0.6 is 22.7 Å². The molecule has 6 nitrogen and oxygen atoms in total. The van der Waals surface area contributed by atoms with E-state index in [2.05, 4.69) is 15.5 Å². The molecule has 0 unspecified atom stereocenters. The molecule has 130 valence electrons. The molecule has 0 saturated carbocycles. The fourth-order valence-corrected chi connectivity index (χ4v) is 4.20. The van der Waals surface area contributed by atoms with Gasteiger partial charge in [-0.3, -0.25) is 5.43 Å². The summed E-state index contributed by atoms with van der Waals surface area (Å²) in [4.78, 5) is 5.75. The van der Waals surface area contributed by atoms with E-state index >= 15 is 0 Å². The molecule has 0 fully saturated rings. The molecule has 3 rings (SSSR count). The van der Waals surface area contributed by atoms with Crippen LogP contribution in [0.5, 0.6) is 0 Å². The zero-order valence-electron chi connectivity index (χ0n) is 13.6. The number of anilines is 1. The first-order valence-electron chi connectivity index (χ1n) is 7.28. The van der Waals surface area contributed by atoms with Crippen molar-refractivity contribution < 1.29 is 8.42 Å². The molecule has 1 N–H and O–H groups in total. The smallest absolute Gasteiger partial charge is 0.242 e. The second-order valence-corrected chi connectivity index (χ2v) is 9.23. The summed E-state index contributed by atoms with van der Waals surface area (Å²) in [7, 11) is -0.444. The number of hydrogen-bond donors (Lipinski definition) is 1. The number of rotatable bonds is 6. The van der Waals surface area contributed by atoms with Crippen molar-refractivity contribution in [1.82, 2.24) is 9.29 Å². The summed E-state index contributed by atoms with van der Waals surface area (Å²) in [5, 5.41) is 8.64. The summed E-state index contributed by atoms with van der Waals surface area (Å²) < 4.78 is 25.7. The van der Waals surface area contributed by atoms with E-state index in [1.807, 2.05) is 29.0 Å². The van der Waals surface area contributed by atoms with E-state index in [9.17, 15) is 8.42 Å². The normalized spacial score (nSPS) is 12.1. The summed E-state index contributed by atoms with van der Waals surface area (Å²) in [5.41, 5.74) is 4.34. The molecule has 1 aromatic carbocycles. The molecule has 0 spiro atoms. The van der Waals surface area contributed by atoms with E-state index in [0.29, 0.717) is 10.8 Å². The third-order valence-electron chi connectivity index (χ3n) is 3.31. The summed E-state index contributed by atoms with van der Waals surface area (Å²) in [5.74, 6) is 0. The van der Waals surface area contributed by atoms with Crippen molar-refractivity contribution in [1.29, 1.82) is 0 Å². The van der Waals surface area contributed by atoms with Gasteiger partial charge in [0.15, 0.2) is 0 Å². The van der Waals surface area contributed by atoms with Crippen LogP contribution in [-0.2, 0) is 10.0 Å². The van der Waals surface area contributed by atoms with E-state index in [0.717, 1.165) is 10.4 Å². The Morgan fingerprint density at radius 1 is 1.20 bits per heavy atom. The van der Waals surface area contributed by atoms with Gasteiger partial charge < -0.3 is 0 Å². The van der Waals surface area contributed by atoms with Crippen LogP contribution in [0.3, 0.4) is 0 Å². The molecule has 25 heavy (non-hydrogen) atoms. The third kappa shape index (κ3) is 4.13. The summed E-state index contributed by atoms with van der Waals surface area (Å²) in [6, 6.07) is 10.7. The van der Waals surface area contributed by atoms with Gasteiger partial charge in [-0.05, 0) is 23.6 Å². The topological polar surface area (TPSA) is 74.7 Å². The molecule has 2 aromatic heterocycles. The minimum absolute atomic E-state index is 0.244. The molecular weight excluding hydrogens is 376 g/mol. The van der Waals surface area contributed by atoms with Crippen molar-refractivity contribution in [2.45, 2.75) is 4.90 Å². The highest BCUT2D eigenvalue weighted by Gasteiger charge is 2.18. The second kappa shape index (κ2) is 7.44. The molecule has 0 radical (unpaired) electrons. The van der Waals surface area contributed by atoms with Gasteiger partial charge in [-0.1, -0.05) is 18.2 Å². The number of benzene rings is 1. The Balaban J connectivity index is 1.78. The Morgan fingerprint density at radius 3 is 2.76 bits per heavy atom. The van der Waals surface area contributed by atoms with Crippen LogP contribution in [0.1, 0.15) is 4.88 Å². The van der Waals surface area contributed by atoms with Gasteiger partial charge in [0.1, 0.15) is 0 Å². The lowest BCUT2D eigenvalue weighted by atomic mass is 10.2. The summed E-state index contributed by atoms with van der Waals surface area (Å²) >= 11 is 3.01. The first-order chi connectivity index (χ1) is 12.0.